The van der Waals surface area contributed by atoms with E-state index in [-0.39, 0.29) is 5.91 Å². The molecule has 162 valence electrons. The van der Waals surface area contributed by atoms with Crippen molar-refractivity contribution in [1.29, 1.82) is 0 Å². The van der Waals surface area contributed by atoms with E-state index < -0.39 is 0 Å². The molecule has 0 unspecified atom stereocenters. The van der Waals surface area contributed by atoms with Crippen LogP contribution in [0.3, 0.4) is 0 Å². The van der Waals surface area contributed by atoms with Gasteiger partial charge in [-0.3, -0.25) is 4.79 Å². The van der Waals surface area contributed by atoms with E-state index in [9.17, 15) is 4.79 Å². The number of hydrogen-bond acceptors (Lipinski definition) is 5. The topological polar surface area (TPSA) is 54.0 Å². The van der Waals surface area contributed by atoms with E-state index in [1.807, 2.05) is 18.2 Å². The lowest BCUT2D eigenvalue weighted by atomic mass is 10.1. The van der Waals surface area contributed by atoms with E-state index in [1.54, 1.807) is 12.1 Å². The van der Waals surface area contributed by atoms with E-state index in [1.165, 1.54) is 5.69 Å². The number of amides is 1. The van der Waals surface area contributed by atoms with Crippen LogP contribution in [0.15, 0.2) is 42.5 Å². The van der Waals surface area contributed by atoms with Crippen LogP contribution >= 0.6 is 0 Å². The summed E-state index contributed by atoms with van der Waals surface area (Å²) < 4.78 is 11.6. The summed E-state index contributed by atoms with van der Waals surface area (Å²) in [5.41, 5.74) is 2.52. The Morgan fingerprint density at radius 1 is 0.900 bits per heavy atom. The number of anilines is 2. The van der Waals surface area contributed by atoms with E-state index in [2.05, 4.69) is 48.1 Å². The number of hydrogen-bond donors (Lipinski definition) is 1. The number of ether oxygens (including phenoxy) is 2. The maximum Gasteiger partial charge on any atom is 0.255 e. The minimum absolute atomic E-state index is 0.161. The van der Waals surface area contributed by atoms with Gasteiger partial charge >= 0.3 is 0 Å². The number of nitrogens with one attached hydrogen (secondary N) is 1. The molecule has 3 rings (SSSR count). The molecule has 0 atom stereocenters. The molecule has 1 aliphatic heterocycles. The Bertz CT molecular complexity index is 815. The number of likely N-dealkylation sites (N-methyl/N-ethyl adjacent to an activating group) is 1. The second kappa shape index (κ2) is 10.9. The Labute approximate surface area is 179 Å². The van der Waals surface area contributed by atoms with Crippen molar-refractivity contribution >= 4 is 17.3 Å². The summed E-state index contributed by atoms with van der Waals surface area (Å²) in [5, 5.41) is 2.98. The number of rotatable bonds is 9. The number of benzene rings is 2. The molecule has 1 amide bonds. The molecular weight excluding hydrogens is 378 g/mol. The number of nitrogens with zero attached hydrogens (tertiary/aromatic N) is 2. The fourth-order valence-electron chi connectivity index (χ4n) is 3.33. The molecule has 1 heterocycles. The molecular formula is C24H33N3O3. The molecule has 0 aromatic heterocycles. The van der Waals surface area contributed by atoms with Crippen LogP contribution in [0.2, 0.25) is 0 Å². The average molecular weight is 412 g/mol. The summed E-state index contributed by atoms with van der Waals surface area (Å²) in [4.78, 5) is 17.5. The van der Waals surface area contributed by atoms with Gasteiger partial charge in [0.05, 0.1) is 13.2 Å². The van der Waals surface area contributed by atoms with E-state index >= 15 is 0 Å². The maximum atomic E-state index is 12.8. The van der Waals surface area contributed by atoms with Gasteiger partial charge in [0.25, 0.3) is 5.91 Å². The highest BCUT2D eigenvalue weighted by Gasteiger charge is 2.15. The predicted molar refractivity (Wildman–Crippen MR) is 122 cm³/mol. The monoisotopic (exact) mass is 411 g/mol. The van der Waals surface area contributed by atoms with Crippen molar-refractivity contribution in [3.8, 4) is 11.5 Å². The molecule has 1 fully saturated rings. The van der Waals surface area contributed by atoms with Crippen LogP contribution < -0.4 is 19.7 Å². The molecule has 1 aliphatic rings. The highest BCUT2D eigenvalue weighted by atomic mass is 16.5. The summed E-state index contributed by atoms with van der Waals surface area (Å²) in [6, 6.07) is 13.4. The third kappa shape index (κ3) is 5.89. The summed E-state index contributed by atoms with van der Waals surface area (Å²) in [5.74, 6) is 1.13. The summed E-state index contributed by atoms with van der Waals surface area (Å²) in [6.45, 7) is 9.50. The van der Waals surface area contributed by atoms with Gasteiger partial charge in [-0.2, -0.15) is 0 Å². The molecule has 1 N–H and O–H groups in total. The van der Waals surface area contributed by atoms with E-state index in [0.717, 1.165) is 44.7 Å². The summed E-state index contributed by atoms with van der Waals surface area (Å²) >= 11 is 0. The molecule has 0 saturated carbocycles. The zero-order valence-corrected chi connectivity index (χ0v) is 18.3. The third-order valence-electron chi connectivity index (χ3n) is 5.12. The van der Waals surface area contributed by atoms with Crippen molar-refractivity contribution in [3.63, 3.8) is 0 Å². The van der Waals surface area contributed by atoms with Crippen molar-refractivity contribution in [2.24, 2.45) is 0 Å². The van der Waals surface area contributed by atoms with Crippen LogP contribution in [0.5, 0.6) is 11.5 Å². The van der Waals surface area contributed by atoms with Crippen LogP contribution in [-0.2, 0) is 0 Å². The normalized spacial score (nSPS) is 14.4. The first-order chi connectivity index (χ1) is 14.6. The van der Waals surface area contributed by atoms with Crippen LogP contribution in [0.25, 0.3) is 0 Å². The minimum atomic E-state index is -0.161. The summed E-state index contributed by atoms with van der Waals surface area (Å²) in [6.07, 6.45) is 1.81. The molecule has 0 aliphatic carbocycles. The highest BCUT2D eigenvalue weighted by Crippen LogP contribution is 2.29. The lowest BCUT2D eigenvalue weighted by Crippen LogP contribution is -2.44. The number of carbonyl (C=O) groups is 1. The molecule has 30 heavy (non-hydrogen) atoms. The van der Waals surface area contributed by atoms with Crippen LogP contribution in [0.4, 0.5) is 11.4 Å². The molecule has 0 bridgehead atoms. The molecule has 1 saturated heterocycles. The lowest BCUT2D eigenvalue weighted by Gasteiger charge is -2.34. The number of piperazine rings is 1. The quantitative estimate of drug-likeness (QED) is 0.668. The third-order valence-corrected chi connectivity index (χ3v) is 5.12. The second-order valence-electron chi connectivity index (χ2n) is 7.65. The summed E-state index contributed by atoms with van der Waals surface area (Å²) in [7, 11) is 2.15. The van der Waals surface area contributed by atoms with Gasteiger partial charge in [0.1, 0.15) is 0 Å². The molecule has 0 radical (unpaired) electrons. The number of carbonyl (C=O) groups excluding carboxylic acids is 1. The average Bonchev–Trinajstić information content (AvgIpc) is 2.77. The largest absolute Gasteiger partial charge is 0.490 e. The Morgan fingerprint density at radius 2 is 1.53 bits per heavy atom. The van der Waals surface area contributed by atoms with Crippen molar-refractivity contribution < 1.29 is 14.3 Å². The fraction of sp³-hybridized carbons (Fsp3) is 0.458. The Kier molecular flexibility index (Phi) is 7.97. The predicted octanol–water partition coefficient (Wildman–Crippen LogP) is 4.27. The molecule has 2 aromatic rings. The van der Waals surface area contributed by atoms with Crippen LogP contribution in [0, 0.1) is 0 Å². The standard InChI is InChI=1S/C24H33N3O3/c1-4-16-29-22-11-6-19(18-23(22)30-17-5-2)24(28)25-20-7-9-21(10-8-20)27-14-12-26(3)13-15-27/h6-11,18H,4-5,12-17H2,1-3H3,(H,25,28). The Hall–Kier alpha value is -2.73. The maximum absolute atomic E-state index is 12.8. The SMILES string of the molecule is CCCOc1ccc(C(=O)Nc2ccc(N3CCN(C)CC3)cc2)cc1OCCC. The zero-order valence-electron chi connectivity index (χ0n) is 18.3. The van der Waals surface area contributed by atoms with Gasteiger partial charge in [-0.15, -0.1) is 0 Å². The van der Waals surface area contributed by atoms with Gasteiger partial charge in [-0.05, 0) is 62.4 Å². The lowest BCUT2D eigenvalue weighted by molar-refractivity contribution is 0.102. The van der Waals surface area contributed by atoms with Gasteiger partial charge in [0, 0.05) is 43.1 Å². The first-order valence-electron chi connectivity index (χ1n) is 10.8. The van der Waals surface area contributed by atoms with Crippen molar-refractivity contribution in [1.82, 2.24) is 4.90 Å². The van der Waals surface area contributed by atoms with Gasteiger partial charge in [0.2, 0.25) is 0 Å². The van der Waals surface area contributed by atoms with Gasteiger partial charge in [-0.25, -0.2) is 0 Å². The first-order valence-corrected chi connectivity index (χ1v) is 10.8. The minimum Gasteiger partial charge on any atom is -0.490 e. The van der Waals surface area contributed by atoms with Gasteiger partial charge in [0.15, 0.2) is 11.5 Å². The fourth-order valence-corrected chi connectivity index (χ4v) is 3.33. The van der Waals surface area contributed by atoms with Crippen molar-refractivity contribution in [2.45, 2.75) is 26.7 Å². The molecule has 6 heteroatoms. The second-order valence-corrected chi connectivity index (χ2v) is 7.65. The molecule has 6 nitrogen and oxygen atoms in total. The van der Waals surface area contributed by atoms with Gasteiger partial charge in [-0.1, -0.05) is 13.8 Å². The molecule has 0 spiro atoms. The van der Waals surface area contributed by atoms with Crippen molar-refractivity contribution in [2.75, 3.05) is 56.7 Å². The van der Waals surface area contributed by atoms with Crippen LogP contribution in [-0.4, -0.2) is 57.2 Å². The van der Waals surface area contributed by atoms with E-state index in [0.29, 0.717) is 30.3 Å². The Morgan fingerprint density at radius 3 is 2.17 bits per heavy atom. The van der Waals surface area contributed by atoms with Gasteiger partial charge < -0.3 is 24.6 Å². The van der Waals surface area contributed by atoms with Crippen LogP contribution in [0.1, 0.15) is 37.0 Å². The van der Waals surface area contributed by atoms with Crippen molar-refractivity contribution in [3.05, 3.63) is 48.0 Å². The smallest absolute Gasteiger partial charge is 0.255 e. The molecule has 2 aromatic carbocycles. The Balaban J connectivity index is 1.65. The zero-order chi connectivity index (χ0) is 21.3. The highest BCUT2D eigenvalue weighted by molar-refractivity contribution is 6.04. The first kappa shape index (κ1) is 22.0. The van der Waals surface area contributed by atoms with E-state index in [4.69, 9.17) is 9.47 Å².